The van der Waals surface area contributed by atoms with Gasteiger partial charge in [0.15, 0.2) is 0 Å². The lowest BCUT2D eigenvalue weighted by Crippen LogP contribution is -2.52. The highest BCUT2D eigenvalue weighted by Crippen LogP contribution is 2.67. The van der Waals surface area contributed by atoms with E-state index in [0.717, 1.165) is 38.2 Å². The lowest BCUT2D eigenvalue weighted by atomic mass is 9.48. The van der Waals surface area contributed by atoms with Crippen LogP contribution in [0.3, 0.4) is 0 Å². The van der Waals surface area contributed by atoms with Gasteiger partial charge in [-0.1, -0.05) is 56.2 Å². The average Bonchev–Trinajstić information content (AvgIpc) is 3.19. The zero-order chi connectivity index (χ0) is 20.4. The van der Waals surface area contributed by atoms with E-state index in [9.17, 15) is 5.11 Å². The summed E-state index contributed by atoms with van der Waals surface area (Å²) in [4.78, 5) is 0. The molecule has 0 aromatic heterocycles. The molecule has 29 heavy (non-hydrogen) atoms. The first-order valence-corrected chi connectivity index (χ1v) is 12.2. The van der Waals surface area contributed by atoms with Gasteiger partial charge in [-0.25, -0.2) is 0 Å². The van der Waals surface area contributed by atoms with Crippen LogP contribution in [0, 0.1) is 34.5 Å². The van der Waals surface area contributed by atoms with Crippen LogP contribution in [0.2, 0.25) is 0 Å². The SMILES string of the molecule is C=C(CCC=C1CC[C@@H]2C3=CC[C@H]4[C@H]5OC[C@@]4(CC[C@@H]5O)[C@H]3CC[C@]12C)C(C)C. The number of fused-ring (bicyclic) bond motifs is 3. The molecule has 1 N–H and O–H groups in total. The maximum absolute atomic E-state index is 10.4. The lowest BCUT2D eigenvalue weighted by Gasteiger charge is -2.55. The summed E-state index contributed by atoms with van der Waals surface area (Å²) < 4.78 is 6.23. The van der Waals surface area contributed by atoms with E-state index >= 15 is 0 Å². The lowest BCUT2D eigenvalue weighted by molar-refractivity contribution is -0.0451. The molecule has 3 saturated carbocycles. The van der Waals surface area contributed by atoms with Crippen LogP contribution in [0.5, 0.6) is 0 Å². The van der Waals surface area contributed by atoms with E-state index in [1.807, 2.05) is 0 Å². The Kier molecular flexibility index (Phi) is 4.91. The summed E-state index contributed by atoms with van der Waals surface area (Å²) in [6.45, 7) is 12.2. The summed E-state index contributed by atoms with van der Waals surface area (Å²) in [6, 6.07) is 0. The van der Waals surface area contributed by atoms with Gasteiger partial charge in [-0.2, -0.15) is 0 Å². The first kappa shape index (κ1) is 20.1. The molecule has 2 bridgehead atoms. The minimum atomic E-state index is -0.235. The smallest absolute Gasteiger partial charge is 0.0871 e. The molecule has 1 saturated heterocycles. The van der Waals surface area contributed by atoms with Crippen LogP contribution in [-0.4, -0.2) is 23.9 Å². The van der Waals surface area contributed by atoms with Crippen molar-refractivity contribution in [3.63, 3.8) is 0 Å². The second kappa shape index (κ2) is 7.09. The predicted octanol–water partition coefficient (Wildman–Crippen LogP) is 6.22. The van der Waals surface area contributed by atoms with E-state index in [1.165, 1.54) is 37.7 Å². The topological polar surface area (TPSA) is 29.5 Å². The Bertz CT molecular complexity index is 746. The highest BCUT2D eigenvalue weighted by atomic mass is 16.5. The van der Waals surface area contributed by atoms with Crippen LogP contribution in [-0.2, 0) is 4.74 Å². The second-order valence-corrected chi connectivity index (χ2v) is 11.3. The fourth-order valence-electron chi connectivity index (χ4n) is 7.99. The third-order valence-corrected chi connectivity index (χ3v) is 9.90. The van der Waals surface area contributed by atoms with Crippen LogP contribution in [0.25, 0.3) is 0 Å². The number of hydrogen-bond donors (Lipinski definition) is 1. The first-order valence-electron chi connectivity index (χ1n) is 12.2. The van der Waals surface area contributed by atoms with Crippen molar-refractivity contribution in [2.45, 2.75) is 90.8 Å². The van der Waals surface area contributed by atoms with Crippen molar-refractivity contribution in [1.82, 2.24) is 0 Å². The van der Waals surface area contributed by atoms with Gasteiger partial charge in [0.1, 0.15) is 0 Å². The van der Waals surface area contributed by atoms with E-state index in [1.54, 1.807) is 11.1 Å². The Hall–Kier alpha value is -0.860. The molecule has 0 aromatic carbocycles. The summed E-state index contributed by atoms with van der Waals surface area (Å²) in [7, 11) is 0. The summed E-state index contributed by atoms with van der Waals surface area (Å²) in [5.74, 6) is 2.60. The molecule has 0 spiro atoms. The molecule has 160 valence electrons. The van der Waals surface area contributed by atoms with Crippen molar-refractivity contribution >= 4 is 0 Å². The Morgan fingerprint density at radius 3 is 2.90 bits per heavy atom. The molecular formula is C27H40O2. The number of ether oxygens (including phenoxy) is 1. The van der Waals surface area contributed by atoms with Crippen LogP contribution in [0.1, 0.15) is 78.6 Å². The van der Waals surface area contributed by atoms with E-state index in [2.05, 4.69) is 39.5 Å². The highest BCUT2D eigenvalue weighted by molar-refractivity contribution is 5.35. The zero-order valence-corrected chi connectivity index (χ0v) is 18.8. The zero-order valence-electron chi connectivity index (χ0n) is 18.8. The Morgan fingerprint density at radius 2 is 2.10 bits per heavy atom. The molecule has 1 aliphatic heterocycles. The van der Waals surface area contributed by atoms with Crippen LogP contribution < -0.4 is 0 Å². The van der Waals surface area contributed by atoms with Crippen LogP contribution >= 0.6 is 0 Å². The fraction of sp³-hybridized carbons (Fsp3) is 0.778. The normalized spacial score (nSPS) is 47.0. The molecule has 0 amide bonds. The summed E-state index contributed by atoms with van der Waals surface area (Å²) in [5.41, 5.74) is 5.61. The van der Waals surface area contributed by atoms with Crippen molar-refractivity contribution in [1.29, 1.82) is 0 Å². The van der Waals surface area contributed by atoms with E-state index in [-0.39, 0.29) is 12.2 Å². The Morgan fingerprint density at radius 1 is 1.28 bits per heavy atom. The average molecular weight is 397 g/mol. The molecular weight excluding hydrogens is 356 g/mol. The third kappa shape index (κ3) is 2.88. The maximum atomic E-state index is 10.4. The molecule has 2 nitrogen and oxygen atoms in total. The summed E-state index contributed by atoms with van der Waals surface area (Å²) >= 11 is 0. The number of hydrogen-bond acceptors (Lipinski definition) is 2. The van der Waals surface area contributed by atoms with Crippen molar-refractivity contribution in [3.8, 4) is 0 Å². The summed E-state index contributed by atoms with van der Waals surface area (Å²) in [5, 5.41) is 10.4. The molecule has 5 aliphatic rings. The van der Waals surface area contributed by atoms with Gasteiger partial charge in [-0.15, -0.1) is 0 Å². The molecule has 1 heterocycles. The minimum absolute atomic E-state index is 0.1000. The maximum Gasteiger partial charge on any atom is 0.0871 e. The first-order chi connectivity index (χ1) is 13.9. The molecule has 0 unspecified atom stereocenters. The highest BCUT2D eigenvalue weighted by Gasteiger charge is 2.63. The van der Waals surface area contributed by atoms with Gasteiger partial charge in [-0.05, 0) is 86.9 Å². The standard InChI is InChI=1S/C27H40O2/c1-17(2)18(3)6-5-7-19-8-10-21-20-9-11-23-25-24(28)13-15-27(23,16-29-25)22(20)12-14-26(19,21)4/h7,9,17,21-25,28H,3,5-6,8,10-16H2,1-2,4H3/t21-,22+,23+,24+,25-,26-,27+/m1/s1. The molecule has 0 aromatic rings. The van der Waals surface area contributed by atoms with Gasteiger partial charge >= 0.3 is 0 Å². The largest absolute Gasteiger partial charge is 0.390 e. The quantitative estimate of drug-likeness (QED) is 0.572. The minimum Gasteiger partial charge on any atom is -0.390 e. The van der Waals surface area contributed by atoms with Crippen LogP contribution in [0.4, 0.5) is 0 Å². The van der Waals surface area contributed by atoms with E-state index in [4.69, 9.17) is 4.74 Å². The number of rotatable bonds is 4. The fourth-order valence-corrected chi connectivity index (χ4v) is 7.99. The van der Waals surface area contributed by atoms with Crippen molar-refractivity contribution in [2.24, 2.45) is 34.5 Å². The molecule has 4 fully saturated rings. The van der Waals surface area contributed by atoms with Gasteiger partial charge in [0.05, 0.1) is 18.8 Å². The monoisotopic (exact) mass is 396 g/mol. The number of aliphatic hydroxyl groups excluding tert-OH is 1. The van der Waals surface area contributed by atoms with Crippen molar-refractivity contribution in [3.05, 3.63) is 35.5 Å². The van der Waals surface area contributed by atoms with E-state index in [0.29, 0.717) is 28.6 Å². The van der Waals surface area contributed by atoms with Crippen molar-refractivity contribution in [2.75, 3.05) is 6.61 Å². The molecule has 4 aliphatic carbocycles. The van der Waals surface area contributed by atoms with E-state index < -0.39 is 0 Å². The molecule has 2 heteroatoms. The molecule has 0 radical (unpaired) electrons. The van der Waals surface area contributed by atoms with Crippen LogP contribution in [0.15, 0.2) is 35.5 Å². The third-order valence-electron chi connectivity index (χ3n) is 9.90. The Balaban J connectivity index is 1.37. The second-order valence-electron chi connectivity index (χ2n) is 11.3. The molecule has 7 atom stereocenters. The van der Waals surface area contributed by atoms with Gasteiger partial charge in [-0.3, -0.25) is 0 Å². The summed E-state index contributed by atoms with van der Waals surface area (Å²) in [6.07, 6.45) is 15.9. The van der Waals surface area contributed by atoms with Gasteiger partial charge in [0, 0.05) is 5.41 Å². The number of allylic oxidation sites excluding steroid dienone is 5. The van der Waals surface area contributed by atoms with Crippen molar-refractivity contribution < 1.29 is 9.84 Å². The molecule has 5 rings (SSSR count). The predicted molar refractivity (Wildman–Crippen MR) is 118 cm³/mol. The number of aliphatic hydroxyl groups is 1. The van der Waals surface area contributed by atoms with Gasteiger partial charge in [0.25, 0.3) is 0 Å². The van der Waals surface area contributed by atoms with Gasteiger partial charge < -0.3 is 9.84 Å². The Labute approximate surface area is 177 Å². The van der Waals surface area contributed by atoms with Gasteiger partial charge in [0.2, 0.25) is 0 Å².